The number of halogens is 1. The number of rotatable bonds is 3. The SMILES string of the molecule is CN1C(=O)COc2ccc(C(=O)Cn3cnc4ccc(F)cc4c3=O)cc21. The van der Waals surface area contributed by atoms with Gasteiger partial charge in [-0.05, 0) is 36.4 Å². The molecule has 2 heterocycles. The Balaban J connectivity index is 1.67. The zero-order valence-electron chi connectivity index (χ0n) is 14.3. The zero-order valence-corrected chi connectivity index (χ0v) is 14.3. The van der Waals surface area contributed by atoms with Crippen molar-refractivity contribution in [3.05, 3.63) is 64.5 Å². The molecule has 0 unspecified atom stereocenters. The molecular weight excluding hydrogens is 353 g/mol. The van der Waals surface area contributed by atoms with Gasteiger partial charge in [-0.2, -0.15) is 0 Å². The van der Waals surface area contributed by atoms with Crippen LogP contribution < -0.4 is 15.2 Å². The molecule has 2 aromatic carbocycles. The number of anilines is 1. The van der Waals surface area contributed by atoms with Gasteiger partial charge in [-0.15, -0.1) is 0 Å². The number of hydrogen-bond donors (Lipinski definition) is 0. The molecule has 1 aromatic heterocycles. The molecule has 1 amide bonds. The van der Waals surface area contributed by atoms with Crippen LogP contribution in [0.3, 0.4) is 0 Å². The van der Waals surface area contributed by atoms with E-state index in [9.17, 15) is 18.8 Å². The Morgan fingerprint density at radius 2 is 2.04 bits per heavy atom. The van der Waals surface area contributed by atoms with E-state index in [4.69, 9.17) is 4.74 Å². The molecule has 0 saturated carbocycles. The zero-order chi connectivity index (χ0) is 19.1. The molecule has 0 saturated heterocycles. The minimum absolute atomic E-state index is 0.0501. The summed E-state index contributed by atoms with van der Waals surface area (Å²) in [5.74, 6) is -0.602. The van der Waals surface area contributed by atoms with Gasteiger partial charge in [0.15, 0.2) is 12.4 Å². The highest BCUT2D eigenvalue weighted by Gasteiger charge is 2.23. The number of likely N-dealkylation sites (N-methyl/N-ethyl adjacent to an activating group) is 1. The summed E-state index contributed by atoms with van der Waals surface area (Å²) in [4.78, 5) is 42.4. The first-order chi connectivity index (χ1) is 12.9. The molecule has 8 heteroatoms. The summed E-state index contributed by atoms with van der Waals surface area (Å²) in [7, 11) is 1.60. The van der Waals surface area contributed by atoms with Gasteiger partial charge in [0.05, 0.1) is 29.5 Å². The first-order valence-electron chi connectivity index (χ1n) is 8.15. The molecule has 0 N–H and O–H groups in total. The Morgan fingerprint density at radius 3 is 2.85 bits per heavy atom. The van der Waals surface area contributed by atoms with Crippen LogP contribution in [0.1, 0.15) is 10.4 Å². The van der Waals surface area contributed by atoms with Crippen LogP contribution in [-0.4, -0.2) is 34.9 Å². The molecule has 27 heavy (non-hydrogen) atoms. The van der Waals surface area contributed by atoms with Gasteiger partial charge in [0.2, 0.25) is 0 Å². The molecule has 1 aliphatic heterocycles. The van der Waals surface area contributed by atoms with Crippen LogP contribution in [0.4, 0.5) is 10.1 Å². The standard InChI is InChI=1S/C19H14FN3O4/c1-22-15-6-11(2-5-17(15)27-9-18(22)25)16(24)8-23-10-21-14-4-3-12(20)7-13(14)19(23)26/h2-7,10H,8-9H2,1H3. The van der Waals surface area contributed by atoms with Crippen molar-refractivity contribution in [2.45, 2.75) is 6.54 Å². The summed E-state index contributed by atoms with van der Waals surface area (Å²) in [5, 5.41) is 0.106. The van der Waals surface area contributed by atoms with Gasteiger partial charge in [0, 0.05) is 12.6 Å². The maximum atomic E-state index is 13.4. The van der Waals surface area contributed by atoms with Crippen molar-refractivity contribution in [3.8, 4) is 5.75 Å². The molecule has 3 aromatic rings. The van der Waals surface area contributed by atoms with Crippen molar-refractivity contribution in [1.82, 2.24) is 9.55 Å². The molecule has 0 spiro atoms. The fourth-order valence-corrected chi connectivity index (χ4v) is 2.94. The van der Waals surface area contributed by atoms with Crippen LogP contribution in [0.15, 0.2) is 47.5 Å². The summed E-state index contributed by atoms with van der Waals surface area (Å²) in [5.41, 5.74) is 0.672. The van der Waals surface area contributed by atoms with Crippen molar-refractivity contribution >= 4 is 28.3 Å². The van der Waals surface area contributed by atoms with Gasteiger partial charge < -0.3 is 9.64 Å². The Kier molecular flexibility index (Phi) is 3.95. The molecule has 136 valence electrons. The molecular formula is C19H14FN3O4. The van der Waals surface area contributed by atoms with Gasteiger partial charge in [-0.1, -0.05) is 0 Å². The average molecular weight is 367 g/mol. The predicted octanol–water partition coefficient (Wildman–Crippen LogP) is 1.77. The minimum atomic E-state index is -0.548. The van der Waals surface area contributed by atoms with Crippen molar-refractivity contribution < 1.29 is 18.7 Å². The van der Waals surface area contributed by atoms with Crippen LogP contribution in [0, 0.1) is 5.82 Å². The first-order valence-corrected chi connectivity index (χ1v) is 8.15. The number of amides is 1. The normalized spacial score (nSPS) is 13.4. The Hall–Kier alpha value is -3.55. The van der Waals surface area contributed by atoms with Gasteiger partial charge in [-0.3, -0.25) is 19.0 Å². The van der Waals surface area contributed by atoms with Gasteiger partial charge in [-0.25, -0.2) is 9.37 Å². The third-order valence-corrected chi connectivity index (χ3v) is 4.47. The summed E-state index contributed by atoms with van der Waals surface area (Å²) in [6.45, 7) is -0.304. The maximum Gasteiger partial charge on any atom is 0.264 e. The van der Waals surface area contributed by atoms with E-state index in [1.807, 2.05) is 0 Å². The van der Waals surface area contributed by atoms with Crippen LogP contribution in [-0.2, 0) is 11.3 Å². The summed E-state index contributed by atoms with van der Waals surface area (Å²) < 4.78 is 19.9. The van der Waals surface area contributed by atoms with Crippen LogP contribution in [0.5, 0.6) is 5.75 Å². The number of fused-ring (bicyclic) bond motifs is 2. The van der Waals surface area contributed by atoms with Crippen LogP contribution in [0.25, 0.3) is 10.9 Å². The summed E-state index contributed by atoms with van der Waals surface area (Å²) in [6, 6.07) is 8.47. The van der Waals surface area contributed by atoms with E-state index in [0.717, 1.165) is 10.6 Å². The molecule has 1 aliphatic rings. The second kappa shape index (κ2) is 6.31. The van der Waals surface area contributed by atoms with Gasteiger partial charge >= 0.3 is 0 Å². The largest absolute Gasteiger partial charge is 0.482 e. The van der Waals surface area contributed by atoms with Crippen molar-refractivity contribution in [1.29, 1.82) is 0 Å². The van der Waals surface area contributed by atoms with E-state index in [1.165, 1.54) is 23.4 Å². The number of nitrogens with zero attached hydrogens (tertiary/aromatic N) is 3. The van der Waals surface area contributed by atoms with Gasteiger partial charge in [0.1, 0.15) is 11.6 Å². The molecule has 7 nitrogen and oxygen atoms in total. The highest BCUT2D eigenvalue weighted by molar-refractivity contribution is 6.01. The number of carbonyl (C=O) groups excluding carboxylic acids is 2. The van der Waals surface area contributed by atoms with Crippen molar-refractivity contribution in [2.24, 2.45) is 0 Å². The lowest BCUT2D eigenvalue weighted by Gasteiger charge is -2.26. The smallest absolute Gasteiger partial charge is 0.264 e. The summed E-state index contributed by atoms with van der Waals surface area (Å²) >= 11 is 0. The molecule has 0 aliphatic carbocycles. The molecule has 0 radical (unpaired) electrons. The maximum absolute atomic E-state index is 13.4. The van der Waals surface area contributed by atoms with E-state index >= 15 is 0 Å². The number of benzene rings is 2. The monoisotopic (exact) mass is 367 g/mol. The number of carbonyl (C=O) groups is 2. The predicted molar refractivity (Wildman–Crippen MR) is 95.6 cm³/mol. The molecule has 4 rings (SSSR count). The second-order valence-electron chi connectivity index (χ2n) is 6.19. The molecule has 0 bridgehead atoms. The number of ether oxygens (including phenoxy) is 1. The number of ketones is 1. The van der Waals surface area contributed by atoms with Crippen LogP contribution in [0.2, 0.25) is 0 Å². The first kappa shape index (κ1) is 16.9. The third-order valence-electron chi connectivity index (χ3n) is 4.47. The van der Waals surface area contributed by atoms with Gasteiger partial charge in [0.25, 0.3) is 11.5 Å². The quantitative estimate of drug-likeness (QED) is 0.659. The molecule has 0 atom stereocenters. The average Bonchev–Trinajstić information content (AvgIpc) is 2.67. The fourth-order valence-electron chi connectivity index (χ4n) is 2.94. The summed E-state index contributed by atoms with van der Waals surface area (Å²) in [6.07, 6.45) is 1.26. The lowest BCUT2D eigenvalue weighted by molar-refractivity contribution is -0.120. The highest BCUT2D eigenvalue weighted by atomic mass is 19.1. The van der Waals surface area contributed by atoms with Crippen molar-refractivity contribution in [3.63, 3.8) is 0 Å². The Morgan fingerprint density at radius 1 is 1.22 bits per heavy atom. The van der Waals surface area contributed by atoms with Crippen molar-refractivity contribution in [2.75, 3.05) is 18.6 Å². The lowest BCUT2D eigenvalue weighted by atomic mass is 10.1. The van der Waals surface area contributed by atoms with E-state index < -0.39 is 11.4 Å². The third kappa shape index (κ3) is 2.95. The van der Waals surface area contributed by atoms with Crippen LogP contribution >= 0.6 is 0 Å². The minimum Gasteiger partial charge on any atom is -0.482 e. The lowest BCUT2D eigenvalue weighted by Crippen LogP contribution is -2.35. The molecule has 0 fully saturated rings. The number of aromatic nitrogens is 2. The Bertz CT molecular complexity index is 1160. The van der Waals surface area contributed by atoms with E-state index in [1.54, 1.807) is 25.2 Å². The second-order valence-corrected chi connectivity index (χ2v) is 6.19. The fraction of sp³-hybridized carbons (Fsp3) is 0.158. The number of Topliss-reactive ketones (excluding diaryl/α,β-unsaturated/α-hetero) is 1. The topological polar surface area (TPSA) is 81.5 Å². The van der Waals surface area contributed by atoms with E-state index in [0.29, 0.717) is 22.5 Å². The van der Waals surface area contributed by atoms with E-state index in [2.05, 4.69) is 4.98 Å². The highest BCUT2D eigenvalue weighted by Crippen LogP contribution is 2.32. The van der Waals surface area contributed by atoms with E-state index in [-0.39, 0.29) is 30.2 Å². The number of hydrogen-bond acceptors (Lipinski definition) is 5. The Labute approximate surface area is 152 Å².